The third-order valence-electron chi connectivity index (χ3n) is 3.46. The number of nitrogens with one attached hydrogen (secondary N) is 2. The predicted octanol–water partition coefficient (Wildman–Crippen LogP) is 3.23. The van der Waals surface area contributed by atoms with E-state index in [1.807, 2.05) is 31.2 Å². The molecule has 140 valence electrons. The Labute approximate surface area is 163 Å². The smallest absolute Gasteiger partial charge is 0.259 e. The van der Waals surface area contributed by atoms with Gasteiger partial charge in [-0.1, -0.05) is 35.2 Å². The number of halogens is 1. The van der Waals surface area contributed by atoms with Gasteiger partial charge >= 0.3 is 0 Å². The van der Waals surface area contributed by atoms with Gasteiger partial charge in [0, 0.05) is 5.69 Å². The summed E-state index contributed by atoms with van der Waals surface area (Å²) >= 11 is 6.19. The van der Waals surface area contributed by atoms with Crippen LogP contribution in [-0.4, -0.2) is 32.4 Å². The molecule has 0 aliphatic rings. The lowest BCUT2D eigenvalue weighted by atomic mass is 10.2. The molecule has 0 saturated carbocycles. The Bertz CT molecular complexity index is 858. The minimum atomic E-state index is -0.279. The number of anilines is 1. The molecular formula is C20H20ClN3O3. The second-order valence-corrected chi connectivity index (χ2v) is 5.95. The molecule has 0 radical (unpaired) electrons. The second-order valence-electron chi connectivity index (χ2n) is 5.54. The number of rotatable bonds is 8. The average Bonchev–Trinajstić information content (AvgIpc) is 2.66. The summed E-state index contributed by atoms with van der Waals surface area (Å²) in [5.74, 6) is 2.87. The molecule has 0 aromatic heterocycles. The summed E-state index contributed by atoms with van der Waals surface area (Å²) in [6.07, 6.45) is 6.65. The molecule has 2 aromatic carbocycles. The van der Waals surface area contributed by atoms with E-state index in [-0.39, 0.29) is 19.1 Å². The van der Waals surface area contributed by atoms with Gasteiger partial charge in [0.1, 0.15) is 6.61 Å². The van der Waals surface area contributed by atoms with Crippen LogP contribution in [0.25, 0.3) is 0 Å². The Hall–Kier alpha value is -3.17. The summed E-state index contributed by atoms with van der Waals surface area (Å²) in [7, 11) is 1.49. The fourth-order valence-corrected chi connectivity index (χ4v) is 2.41. The number of amides is 1. The highest BCUT2D eigenvalue weighted by Gasteiger charge is 2.11. The molecule has 0 spiro atoms. The molecule has 2 aromatic rings. The Morgan fingerprint density at radius 3 is 2.74 bits per heavy atom. The first kappa shape index (κ1) is 20.1. The van der Waals surface area contributed by atoms with Crippen molar-refractivity contribution in [2.45, 2.75) is 6.92 Å². The Balaban J connectivity index is 1.93. The zero-order chi connectivity index (χ0) is 19.6. The number of hydrogen-bond donors (Lipinski definition) is 2. The third-order valence-corrected chi connectivity index (χ3v) is 3.74. The van der Waals surface area contributed by atoms with Gasteiger partial charge in [0.2, 0.25) is 0 Å². The van der Waals surface area contributed by atoms with Crippen LogP contribution in [-0.2, 0) is 4.79 Å². The van der Waals surface area contributed by atoms with Crippen molar-refractivity contribution in [2.24, 2.45) is 5.10 Å². The summed E-state index contributed by atoms with van der Waals surface area (Å²) in [6.45, 7) is 2.18. The van der Waals surface area contributed by atoms with Crippen LogP contribution < -0.4 is 20.2 Å². The van der Waals surface area contributed by atoms with E-state index in [2.05, 4.69) is 21.8 Å². The lowest BCUT2D eigenvalue weighted by molar-refractivity contribution is -0.119. The van der Waals surface area contributed by atoms with Crippen molar-refractivity contribution in [1.29, 1.82) is 0 Å². The first-order valence-electron chi connectivity index (χ1n) is 8.09. The molecule has 2 rings (SSSR count). The molecule has 0 aliphatic carbocycles. The maximum absolute atomic E-state index is 11.9. The Morgan fingerprint density at radius 2 is 2.07 bits per heavy atom. The van der Waals surface area contributed by atoms with Gasteiger partial charge in [-0.3, -0.25) is 4.79 Å². The molecule has 1 amide bonds. The maximum Gasteiger partial charge on any atom is 0.259 e. The van der Waals surface area contributed by atoms with Crippen LogP contribution >= 0.6 is 11.6 Å². The number of ether oxygens (including phenoxy) is 2. The molecule has 0 aliphatic heterocycles. The van der Waals surface area contributed by atoms with Crippen LogP contribution in [0.15, 0.2) is 41.5 Å². The second kappa shape index (κ2) is 10.1. The topological polar surface area (TPSA) is 72.0 Å². The lowest BCUT2D eigenvalue weighted by Crippen LogP contribution is -2.25. The van der Waals surface area contributed by atoms with Gasteiger partial charge in [-0.25, -0.2) is 5.43 Å². The number of aryl methyl sites for hydroxylation is 1. The molecule has 7 heteroatoms. The van der Waals surface area contributed by atoms with Crippen molar-refractivity contribution in [3.8, 4) is 23.8 Å². The molecule has 2 N–H and O–H groups in total. The maximum atomic E-state index is 11.9. The third kappa shape index (κ3) is 6.24. The summed E-state index contributed by atoms with van der Waals surface area (Å²) in [6, 6.07) is 11.1. The standard InChI is InChI=1S/C20H20ClN3O3/c1-4-9-27-20-17(21)10-15(11-18(20)26-3)12-23-24-19(25)13-22-16-7-5-14(2)6-8-16/h1,5-8,10-12,22H,9,13H2,2-3H3,(H,24,25)/b23-12-. The molecule has 0 atom stereocenters. The summed E-state index contributed by atoms with van der Waals surface area (Å²) < 4.78 is 10.6. The largest absolute Gasteiger partial charge is 0.493 e. The fraction of sp³-hybridized carbons (Fsp3) is 0.200. The average molecular weight is 386 g/mol. The number of carbonyl (C=O) groups is 1. The van der Waals surface area contributed by atoms with Crippen LogP contribution in [0.3, 0.4) is 0 Å². The monoisotopic (exact) mass is 385 g/mol. The van der Waals surface area contributed by atoms with Gasteiger partial charge < -0.3 is 14.8 Å². The van der Waals surface area contributed by atoms with Crippen molar-refractivity contribution in [1.82, 2.24) is 5.43 Å². The molecule has 6 nitrogen and oxygen atoms in total. The lowest BCUT2D eigenvalue weighted by Gasteiger charge is -2.11. The number of carbonyl (C=O) groups excluding carboxylic acids is 1. The van der Waals surface area contributed by atoms with Crippen LogP contribution in [0.2, 0.25) is 5.02 Å². The first-order valence-corrected chi connectivity index (χ1v) is 8.47. The van der Waals surface area contributed by atoms with E-state index < -0.39 is 0 Å². The number of nitrogens with zero attached hydrogens (tertiary/aromatic N) is 1. The summed E-state index contributed by atoms with van der Waals surface area (Å²) in [5, 5.41) is 7.27. The highest BCUT2D eigenvalue weighted by atomic mass is 35.5. The van der Waals surface area contributed by atoms with Crippen LogP contribution in [0.1, 0.15) is 11.1 Å². The quantitative estimate of drug-likeness (QED) is 0.416. The van der Waals surface area contributed by atoms with Gasteiger partial charge in [-0.15, -0.1) is 6.42 Å². The summed E-state index contributed by atoms with van der Waals surface area (Å²) in [5.41, 5.74) is 5.09. The first-order chi connectivity index (χ1) is 13.0. The van der Waals surface area contributed by atoms with E-state index in [9.17, 15) is 4.79 Å². The number of hydrogen-bond acceptors (Lipinski definition) is 5. The van der Waals surface area contributed by atoms with Crippen molar-refractivity contribution in [2.75, 3.05) is 25.6 Å². The van der Waals surface area contributed by atoms with Crippen molar-refractivity contribution in [3.63, 3.8) is 0 Å². The molecule has 0 heterocycles. The van der Waals surface area contributed by atoms with E-state index in [1.165, 1.54) is 13.3 Å². The number of terminal acetylenes is 1. The number of hydrazone groups is 1. The van der Waals surface area contributed by atoms with Crippen LogP contribution in [0.4, 0.5) is 5.69 Å². The van der Waals surface area contributed by atoms with E-state index >= 15 is 0 Å². The zero-order valence-corrected chi connectivity index (χ0v) is 15.8. The van der Waals surface area contributed by atoms with Gasteiger partial charge in [0.15, 0.2) is 11.5 Å². The van der Waals surface area contributed by atoms with Crippen molar-refractivity contribution < 1.29 is 14.3 Å². The molecular weight excluding hydrogens is 366 g/mol. The van der Waals surface area contributed by atoms with E-state index in [0.29, 0.717) is 22.1 Å². The van der Waals surface area contributed by atoms with E-state index in [1.54, 1.807) is 12.1 Å². The molecule has 0 saturated heterocycles. The van der Waals surface area contributed by atoms with Crippen molar-refractivity contribution in [3.05, 3.63) is 52.5 Å². The highest BCUT2D eigenvalue weighted by Crippen LogP contribution is 2.35. The van der Waals surface area contributed by atoms with E-state index in [4.69, 9.17) is 27.5 Å². The molecule has 0 unspecified atom stereocenters. The van der Waals surface area contributed by atoms with Gasteiger partial charge in [0.05, 0.1) is 24.9 Å². The van der Waals surface area contributed by atoms with Crippen LogP contribution in [0.5, 0.6) is 11.5 Å². The van der Waals surface area contributed by atoms with E-state index in [0.717, 1.165) is 11.3 Å². The fourth-order valence-electron chi connectivity index (χ4n) is 2.14. The summed E-state index contributed by atoms with van der Waals surface area (Å²) in [4.78, 5) is 11.9. The predicted molar refractivity (Wildman–Crippen MR) is 108 cm³/mol. The number of methoxy groups -OCH3 is 1. The van der Waals surface area contributed by atoms with Gasteiger partial charge in [-0.2, -0.15) is 5.10 Å². The Morgan fingerprint density at radius 1 is 1.33 bits per heavy atom. The normalized spacial score (nSPS) is 10.3. The SMILES string of the molecule is C#CCOc1c(Cl)cc(/C=N\NC(=O)CNc2ccc(C)cc2)cc1OC. The molecule has 27 heavy (non-hydrogen) atoms. The molecule has 0 bridgehead atoms. The zero-order valence-electron chi connectivity index (χ0n) is 15.1. The molecule has 0 fully saturated rings. The van der Waals surface area contributed by atoms with Gasteiger partial charge in [0.25, 0.3) is 5.91 Å². The van der Waals surface area contributed by atoms with Gasteiger partial charge in [-0.05, 0) is 36.8 Å². The minimum Gasteiger partial charge on any atom is -0.493 e. The van der Waals surface area contributed by atoms with Crippen molar-refractivity contribution >= 4 is 29.4 Å². The highest BCUT2D eigenvalue weighted by molar-refractivity contribution is 6.32. The van der Waals surface area contributed by atoms with Crippen LogP contribution in [0, 0.1) is 19.3 Å². The number of benzene rings is 2. The Kier molecular flexibility index (Phi) is 7.53. The minimum absolute atomic E-state index is 0.0769.